The zero-order valence-electron chi connectivity index (χ0n) is 16.3. The topological polar surface area (TPSA) is 44.2 Å². The monoisotopic (exact) mass is 410 g/mol. The van der Waals surface area contributed by atoms with E-state index >= 15 is 0 Å². The molecule has 0 fully saturated rings. The number of thiazole rings is 2. The van der Waals surface area contributed by atoms with Gasteiger partial charge in [-0.25, -0.2) is 9.97 Å². The Morgan fingerprint density at radius 3 is 1.29 bits per heavy atom. The van der Waals surface area contributed by atoms with Crippen molar-refractivity contribution < 1.29 is 9.47 Å². The number of rotatable bonds is 6. The predicted molar refractivity (Wildman–Crippen MR) is 118 cm³/mol. The molecule has 0 aliphatic rings. The van der Waals surface area contributed by atoms with Gasteiger partial charge in [-0.15, -0.1) is 0 Å². The number of aromatic nitrogens is 2. The molecule has 144 valence electrons. The average Bonchev–Trinajstić information content (AvgIpc) is 3.21. The zero-order valence-corrected chi connectivity index (χ0v) is 17.9. The minimum atomic E-state index is 0.171. The van der Waals surface area contributed by atoms with Gasteiger partial charge < -0.3 is 9.47 Å². The van der Waals surface area contributed by atoms with E-state index in [9.17, 15) is 0 Å². The van der Waals surface area contributed by atoms with Gasteiger partial charge in [-0.1, -0.05) is 22.7 Å². The van der Waals surface area contributed by atoms with Crippen LogP contribution in [-0.4, -0.2) is 22.2 Å². The smallest absolute Gasteiger partial charge is 0.155 e. The number of ether oxygens (including phenoxy) is 2. The molecule has 0 spiro atoms. The van der Waals surface area contributed by atoms with Gasteiger partial charge in [0.15, 0.2) is 9.66 Å². The Kier molecular flexibility index (Phi) is 5.33. The molecule has 4 rings (SSSR count). The van der Waals surface area contributed by atoms with E-state index in [1.54, 1.807) is 22.7 Å². The first kappa shape index (κ1) is 18.9. The Hall–Kier alpha value is -2.44. The maximum atomic E-state index is 5.71. The highest BCUT2D eigenvalue weighted by Crippen LogP contribution is 2.37. The summed E-state index contributed by atoms with van der Waals surface area (Å²) in [5, 5.41) is 1.97. The first-order valence-electron chi connectivity index (χ1n) is 9.29. The first-order valence-corrected chi connectivity index (χ1v) is 10.9. The van der Waals surface area contributed by atoms with Gasteiger partial charge in [0.1, 0.15) is 21.5 Å². The maximum absolute atomic E-state index is 5.71. The predicted octanol–water partition coefficient (Wildman–Crippen LogP) is 6.66. The van der Waals surface area contributed by atoms with Crippen LogP contribution in [0.3, 0.4) is 0 Å². The molecule has 0 amide bonds. The van der Waals surface area contributed by atoms with E-state index in [-0.39, 0.29) is 12.2 Å². The van der Waals surface area contributed by atoms with Gasteiger partial charge in [-0.05, 0) is 76.2 Å². The van der Waals surface area contributed by atoms with E-state index in [1.807, 2.05) is 52.0 Å². The van der Waals surface area contributed by atoms with Crippen LogP contribution in [0, 0.1) is 0 Å². The van der Waals surface area contributed by atoms with Crippen LogP contribution >= 0.6 is 22.7 Å². The van der Waals surface area contributed by atoms with E-state index in [1.165, 1.54) is 0 Å². The second-order valence-electron chi connectivity index (χ2n) is 7.03. The molecule has 2 heterocycles. The van der Waals surface area contributed by atoms with E-state index in [0.29, 0.717) is 0 Å². The van der Waals surface area contributed by atoms with Gasteiger partial charge in [-0.3, -0.25) is 0 Å². The van der Waals surface area contributed by atoms with Gasteiger partial charge in [0.2, 0.25) is 0 Å². The molecular weight excluding hydrogens is 388 g/mol. The number of hydrogen-bond acceptors (Lipinski definition) is 6. The third-order valence-electron chi connectivity index (χ3n) is 3.92. The van der Waals surface area contributed by atoms with Crippen LogP contribution in [0.4, 0.5) is 0 Å². The molecular formula is C22H22N2O2S2. The van der Waals surface area contributed by atoms with Crippen molar-refractivity contribution in [2.45, 2.75) is 39.9 Å². The fourth-order valence-corrected chi connectivity index (χ4v) is 4.84. The summed E-state index contributed by atoms with van der Waals surface area (Å²) < 4.78 is 11.4. The van der Waals surface area contributed by atoms with E-state index in [0.717, 1.165) is 42.3 Å². The van der Waals surface area contributed by atoms with Gasteiger partial charge in [-0.2, -0.15) is 0 Å². The van der Waals surface area contributed by atoms with Crippen molar-refractivity contribution in [1.82, 2.24) is 9.97 Å². The second kappa shape index (κ2) is 7.89. The second-order valence-corrected chi connectivity index (χ2v) is 8.99. The largest absolute Gasteiger partial charge is 0.491 e. The Labute approximate surface area is 172 Å². The lowest BCUT2D eigenvalue weighted by atomic mass is 10.2. The van der Waals surface area contributed by atoms with Crippen LogP contribution in [0.25, 0.3) is 30.8 Å². The summed E-state index contributed by atoms with van der Waals surface area (Å²) >= 11 is 3.24. The van der Waals surface area contributed by atoms with Crippen LogP contribution in [-0.2, 0) is 0 Å². The summed E-state index contributed by atoms with van der Waals surface area (Å²) in [5.41, 5.74) is 2.17. The lowest BCUT2D eigenvalue weighted by Gasteiger charge is -2.09. The molecule has 0 N–H and O–H groups in total. The fourth-order valence-electron chi connectivity index (χ4n) is 2.79. The lowest BCUT2D eigenvalue weighted by molar-refractivity contribution is 0.242. The summed E-state index contributed by atoms with van der Waals surface area (Å²) in [5.74, 6) is 1.75. The Morgan fingerprint density at radius 2 is 0.964 bits per heavy atom. The molecule has 28 heavy (non-hydrogen) atoms. The molecule has 0 saturated carbocycles. The van der Waals surface area contributed by atoms with Crippen LogP contribution in [0.5, 0.6) is 11.5 Å². The molecule has 2 aromatic carbocycles. The molecule has 6 heteroatoms. The normalized spacial score (nSPS) is 11.5. The molecule has 4 aromatic rings. The van der Waals surface area contributed by atoms with E-state index in [4.69, 9.17) is 19.4 Å². The third-order valence-corrected chi connectivity index (χ3v) is 6.05. The highest BCUT2D eigenvalue weighted by molar-refractivity contribution is 7.29. The quantitative estimate of drug-likeness (QED) is 0.356. The molecule has 0 atom stereocenters. The van der Waals surface area contributed by atoms with Crippen LogP contribution in [0.15, 0.2) is 48.5 Å². The van der Waals surface area contributed by atoms with Crippen molar-refractivity contribution in [2.24, 2.45) is 0 Å². The van der Waals surface area contributed by atoms with Crippen molar-refractivity contribution in [3.8, 4) is 32.6 Å². The number of benzene rings is 2. The van der Waals surface area contributed by atoms with Gasteiger partial charge >= 0.3 is 0 Å². The summed E-state index contributed by atoms with van der Waals surface area (Å²) in [6.45, 7) is 8.10. The van der Waals surface area contributed by atoms with Crippen LogP contribution in [0.2, 0.25) is 0 Å². The molecule has 0 aliphatic carbocycles. The first-order chi connectivity index (χ1) is 13.5. The Morgan fingerprint density at radius 1 is 0.607 bits per heavy atom. The van der Waals surface area contributed by atoms with Crippen LogP contribution < -0.4 is 9.47 Å². The number of nitrogens with zero attached hydrogens (tertiary/aromatic N) is 2. The summed E-state index contributed by atoms with van der Waals surface area (Å²) in [7, 11) is 0. The summed E-state index contributed by atoms with van der Waals surface area (Å²) in [6, 6.07) is 16.2. The molecule has 0 aliphatic heterocycles. The molecule has 0 saturated heterocycles. The van der Waals surface area contributed by atoms with Crippen molar-refractivity contribution in [2.75, 3.05) is 0 Å². The molecule has 0 bridgehead atoms. The van der Waals surface area contributed by atoms with Crippen LogP contribution in [0.1, 0.15) is 27.7 Å². The minimum absolute atomic E-state index is 0.171. The molecule has 4 nitrogen and oxygen atoms in total. The van der Waals surface area contributed by atoms with Gasteiger partial charge in [0.25, 0.3) is 0 Å². The number of fused-ring (bicyclic) bond motifs is 1. The average molecular weight is 411 g/mol. The fraction of sp³-hybridized carbons (Fsp3) is 0.273. The number of hydrogen-bond donors (Lipinski definition) is 0. The van der Waals surface area contributed by atoms with Gasteiger partial charge in [0.05, 0.1) is 12.2 Å². The highest BCUT2D eigenvalue weighted by Gasteiger charge is 2.13. The Balaban J connectivity index is 1.55. The SMILES string of the molecule is CC(C)Oc1ccc(-c2nc3sc(-c4ccc(OC(C)C)cc4)nc3s2)cc1. The summed E-state index contributed by atoms with van der Waals surface area (Å²) in [4.78, 5) is 11.5. The highest BCUT2D eigenvalue weighted by atomic mass is 32.1. The van der Waals surface area contributed by atoms with E-state index in [2.05, 4.69) is 24.3 Å². The van der Waals surface area contributed by atoms with E-state index < -0.39 is 0 Å². The molecule has 2 aromatic heterocycles. The summed E-state index contributed by atoms with van der Waals surface area (Å²) in [6.07, 6.45) is 0.342. The van der Waals surface area contributed by atoms with Crippen molar-refractivity contribution in [1.29, 1.82) is 0 Å². The van der Waals surface area contributed by atoms with Crippen molar-refractivity contribution >= 4 is 32.3 Å². The maximum Gasteiger partial charge on any atom is 0.155 e. The zero-order chi connectivity index (χ0) is 19.7. The molecule has 0 radical (unpaired) electrons. The Bertz CT molecular complexity index is 950. The lowest BCUT2D eigenvalue weighted by Crippen LogP contribution is -2.05. The third kappa shape index (κ3) is 4.18. The van der Waals surface area contributed by atoms with Crippen molar-refractivity contribution in [3.63, 3.8) is 0 Å². The van der Waals surface area contributed by atoms with Gasteiger partial charge in [0, 0.05) is 11.1 Å². The minimum Gasteiger partial charge on any atom is -0.491 e. The molecule has 0 unspecified atom stereocenters. The van der Waals surface area contributed by atoms with Crippen molar-refractivity contribution in [3.05, 3.63) is 48.5 Å². The standard InChI is InChI=1S/C22H22N2O2S2/c1-13(2)25-17-9-5-15(6-10-17)19-23-21-22(27-19)24-20(28-21)16-7-11-18(12-8-16)26-14(3)4/h5-14H,1-4H3.